The Labute approximate surface area is 101 Å². The van der Waals surface area contributed by atoms with Crippen LogP contribution in [0.1, 0.15) is 36.2 Å². The van der Waals surface area contributed by atoms with Crippen molar-refractivity contribution in [2.45, 2.75) is 31.6 Å². The van der Waals surface area contributed by atoms with Gasteiger partial charge < -0.3 is 4.74 Å². The molecule has 0 unspecified atom stereocenters. The number of carbonyl (C=O) groups excluding carboxylic acids is 1. The summed E-state index contributed by atoms with van der Waals surface area (Å²) in [6.45, 7) is 4.36. The maximum atomic E-state index is 11.8. The van der Waals surface area contributed by atoms with Gasteiger partial charge in [-0.2, -0.15) is 0 Å². The molecule has 1 aromatic rings. The summed E-state index contributed by atoms with van der Waals surface area (Å²) in [6.07, 6.45) is 3.96. The third-order valence-electron chi connectivity index (χ3n) is 2.33. The van der Waals surface area contributed by atoms with Gasteiger partial charge in [-0.3, -0.25) is 0 Å². The average Bonchev–Trinajstić information content (AvgIpc) is 2.30. The summed E-state index contributed by atoms with van der Waals surface area (Å²) in [5.74, 6) is -0.207. The molecular formula is C13H18O2S. The van der Waals surface area contributed by atoms with Crippen LogP contribution in [-0.4, -0.2) is 18.8 Å². The summed E-state index contributed by atoms with van der Waals surface area (Å²) in [5, 5.41) is 0. The van der Waals surface area contributed by atoms with Gasteiger partial charge in [-0.15, -0.1) is 11.8 Å². The molecule has 0 spiro atoms. The van der Waals surface area contributed by atoms with Crippen LogP contribution in [0.15, 0.2) is 23.1 Å². The van der Waals surface area contributed by atoms with Gasteiger partial charge in [-0.25, -0.2) is 4.79 Å². The molecule has 0 radical (unpaired) electrons. The third-order valence-corrected chi connectivity index (χ3v) is 3.06. The molecule has 0 atom stereocenters. The first-order chi connectivity index (χ1) is 7.72. The molecule has 0 bridgehead atoms. The minimum absolute atomic E-state index is 0.207. The SMILES string of the molecule is CCCc1ccc(SC)cc1C(=O)OCC. The summed E-state index contributed by atoms with van der Waals surface area (Å²) in [5.41, 5.74) is 1.80. The summed E-state index contributed by atoms with van der Waals surface area (Å²) in [6, 6.07) is 6.01. The molecular weight excluding hydrogens is 220 g/mol. The molecule has 0 aliphatic heterocycles. The number of rotatable bonds is 5. The fourth-order valence-corrected chi connectivity index (χ4v) is 2.01. The highest BCUT2D eigenvalue weighted by Gasteiger charge is 2.12. The van der Waals surface area contributed by atoms with Crippen LogP contribution in [0, 0.1) is 0 Å². The highest BCUT2D eigenvalue weighted by molar-refractivity contribution is 7.98. The molecule has 1 rings (SSSR count). The van der Waals surface area contributed by atoms with Crippen molar-refractivity contribution in [2.24, 2.45) is 0 Å². The molecule has 0 amide bonds. The Kier molecular flexibility index (Phi) is 5.39. The van der Waals surface area contributed by atoms with E-state index in [1.54, 1.807) is 11.8 Å². The molecule has 2 nitrogen and oxygen atoms in total. The quantitative estimate of drug-likeness (QED) is 0.580. The van der Waals surface area contributed by atoms with E-state index in [1.807, 2.05) is 25.3 Å². The fraction of sp³-hybridized carbons (Fsp3) is 0.462. The second kappa shape index (κ2) is 6.59. The third kappa shape index (κ3) is 3.27. The van der Waals surface area contributed by atoms with Crippen LogP contribution in [0.4, 0.5) is 0 Å². The Morgan fingerprint density at radius 3 is 2.69 bits per heavy atom. The summed E-state index contributed by atoms with van der Waals surface area (Å²) < 4.78 is 5.07. The van der Waals surface area contributed by atoms with Crippen molar-refractivity contribution in [1.82, 2.24) is 0 Å². The van der Waals surface area contributed by atoms with E-state index in [0.29, 0.717) is 6.61 Å². The normalized spacial score (nSPS) is 10.2. The largest absolute Gasteiger partial charge is 0.462 e. The molecule has 0 heterocycles. The lowest BCUT2D eigenvalue weighted by molar-refractivity contribution is 0.0525. The number of carbonyl (C=O) groups is 1. The van der Waals surface area contributed by atoms with E-state index in [1.165, 1.54) is 0 Å². The summed E-state index contributed by atoms with van der Waals surface area (Å²) in [4.78, 5) is 12.9. The molecule has 0 N–H and O–H groups in total. The van der Waals surface area contributed by atoms with Crippen LogP contribution in [0.25, 0.3) is 0 Å². The van der Waals surface area contributed by atoms with Gasteiger partial charge in [-0.1, -0.05) is 19.4 Å². The monoisotopic (exact) mass is 238 g/mol. The van der Waals surface area contributed by atoms with Gasteiger partial charge in [0.05, 0.1) is 12.2 Å². The average molecular weight is 238 g/mol. The van der Waals surface area contributed by atoms with Gasteiger partial charge in [0.2, 0.25) is 0 Å². The molecule has 16 heavy (non-hydrogen) atoms. The lowest BCUT2D eigenvalue weighted by atomic mass is 10.0. The fourth-order valence-electron chi connectivity index (χ4n) is 1.57. The number of esters is 1. The maximum absolute atomic E-state index is 11.8. The zero-order valence-electron chi connectivity index (χ0n) is 10.1. The van der Waals surface area contributed by atoms with E-state index in [9.17, 15) is 4.79 Å². The highest BCUT2D eigenvalue weighted by Crippen LogP contribution is 2.21. The number of ether oxygens (including phenoxy) is 1. The first-order valence-corrected chi connectivity index (χ1v) is 6.79. The molecule has 0 saturated heterocycles. The molecule has 3 heteroatoms. The van der Waals surface area contributed by atoms with Crippen LogP contribution in [0.3, 0.4) is 0 Å². The Bertz CT molecular complexity index is 361. The Morgan fingerprint density at radius 2 is 2.12 bits per heavy atom. The maximum Gasteiger partial charge on any atom is 0.338 e. The highest BCUT2D eigenvalue weighted by atomic mass is 32.2. The summed E-state index contributed by atoms with van der Waals surface area (Å²) >= 11 is 1.64. The smallest absolute Gasteiger partial charge is 0.338 e. The van der Waals surface area contributed by atoms with Crippen LogP contribution in [0.5, 0.6) is 0 Å². The minimum atomic E-state index is -0.207. The van der Waals surface area contributed by atoms with Crippen molar-refractivity contribution in [1.29, 1.82) is 0 Å². The molecule has 0 aliphatic carbocycles. The van der Waals surface area contributed by atoms with Crippen LogP contribution in [0.2, 0.25) is 0 Å². The first-order valence-electron chi connectivity index (χ1n) is 5.57. The van der Waals surface area contributed by atoms with Crippen molar-refractivity contribution in [3.8, 4) is 0 Å². The predicted octanol–water partition coefficient (Wildman–Crippen LogP) is 3.54. The molecule has 0 saturated carbocycles. The molecule has 0 fully saturated rings. The Morgan fingerprint density at radius 1 is 1.38 bits per heavy atom. The molecule has 1 aromatic carbocycles. The van der Waals surface area contributed by atoms with Gasteiger partial charge in [0, 0.05) is 4.90 Å². The van der Waals surface area contributed by atoms with E-state index in [0.717, 1.165) is 28.9 Å². The number of benzene rings is 1. The van der Waals surface area contributed by atoms with Gasteiger partial charge in [0.1, 0.15) is 0 Å². The molecule has 88 valence electrons. The van der Waals surface area contributed by atoms with Gasteiger partial charge in [-0.05, 0) is 37.3 Å². The van der Waals surface area contributed by atoms with Crippen molar-refractivity contribution in [3.63, 3.8) is 0 Å². The Hall–Kier alpha value is -0.960. The molecule has 0 aromatic heterocycles. The van der Waals surface area contributed by atoms with Gasteiger partial charge >= 0.3 is 5.97 Å². The second-order valence-corrected chi connectivity index (χ2v) is 4.37. The van der Waals surface area contributed by atoms with E-state index < -0.39 is 0 Å². The number of aryl methyl sites for hydroxylation is 1. The zero-order chi connectivity index (χ0) is 12.0. The number of thioether (sulfide) groups is 1. The zero-order valence-corrected chi connectivity index (χ0v) is 10.9. The van der Waals surface area contributed by atoms with Crippen molar-refractivity contribution < 1.29 is 9.53 Å². The lowest BCUT2D eigenvalue weighted by Gasteiger charge is -2.09. The first kappa shape index (κ1) is 13.1. The molecule has 0 aliphatic rings. The van der Waals surface area contributed by atoms with Crippen molar-refractivity contribution in [2.75, 3.05) is 12.9 Å². The van der Waals surface area contributed by atoms with Crippen LogP contribution >= 0.6 is 11.8 Å². The second-order valence-electron chi connectivity index (χ2n) is 3.49. The van der Waals surface area contributed by atoms with Crippen LogP contribution in [-0.2, 0) is 11.2 Å². The number of hydrogen-bond acceptors (Lipinski definition) is 3. The van der Waals surface area contributed by atoms with E-state index in [-0.39, 0.29) is 5.97 Å². The van der Waals surface area contributed by atoms with E-state index in [2.05, 4.69) is 13.0 Å². The van der Waals surface area contributed by atoms with Crippen molar-refractivity contribution in [3.05, 3.63) is 29.3 Å². The van der Waals surface area contributed by atoms with Crippen LogP contribution < -0.4 is 0 Å². The Balaban J connectivity index is 3.04. The van der Waals surface area contributed by atoms with E-state index in [4.69, 9.17) is 4.74 Å². The predicted molar refractivity (Wildman–Crippen MR) is 68.2 cm³/mol. The van der Waals surface area contributed by atoms with Crippen molar-refractivity contribution >= 4 is 17.7 Å². The standard InChI is InChI=1S/C13H18O2S/c1-4-6-10-7-8-11(16-3)9-12(10)13(14)15-5-2/h7-9H,4-6H2,1-3H3. The topological polar surface area (TPSA) is 26.3 Å². The summed E-state index contributed by atoms with van der Waals surface area (Å²) in [7, 11) is 0. The van der Waals surface area contributed by atoms with Gasteiger partial charge in [0.25, 0.3) is 0 Å². The van der Waals surface area contributed by atoms with E-state index >= 15 is 0 Å². The lowest BCUT2D eigenvalue weighted by Crippen LogP contribution is -2.08. The minimum Gasteiger partial charge on any atom is -0.462 e. The van der Waals surface area contributed by atoms with Gasteiger partial charge in [0.15, 0.2) is 0 Å². The number of hydrogen-bond donors (Lipinski definition) is 0.